The van der Waals surface area contributed by atoms with E-state index in [4.69, 9.17) is 0 Å². The van der Waals surface area contributed by atoms with Gasteiger partial charge in [0.05, 0.1) is 6.04 Å². The zero-order chi connectivity index (χ0) is 12.5. The summed E-state index contributed by atoms with van der Waals surface area (Å²) in [6.07, 6.45) is 1.16. The van der Waals surface area contributed by atoms with E-state index in [1.54, 1.807) is 0 Å². The first-order chi connectivity index (χ1) is 8.77. The molecule has 18 heavy (non-hydrogen) atoms. The number of aryl methyl sites for hydroxylation is 1. The molecule has 1 atom stereocenters. The van der Waals surface area contributed by atoms with Gasteiger partial charge in [-0.05, 0) is 42.6 Å². The topological polar surface area (TPSA) is 3.24 Å². The Hall–Kier alpha value is -1.60. The summed E-state index contributed by atoms with van der Waals surface area (Å²) in [5, 5.41) is 0. The van der Waals surface area contributed by atoms with Crippen molar-refractivity contribution < 1.29 is 0 Å². The van der Waals surface area contributed by atoms with E-state index in [1.807, 2.05) is 0 Å². The molecular weight excluding hydrogens is 218 g/mol. The Morgan fingerprint density at radius 3 is 2.39 bits per heavy atom. The monoisotopic (exact) mass is 237 g/mol. The molecule has 1 nitrogen and oxygen atoms in total. The maximum atomic E-state index is 2.46. The third-order valence-electron chi connectivity index (χ3n) is 4.01. The van der Waals surface area contributed by atoms with Crippen LogP contribution in [0.3, 0.4) is 0 Å². The average molecular weight is 237 g/mol. The lowest BCUT2D eigenvalue weighted by atomic mass is 9.87. The third-order valence-corrected chi connectivity index (χ3v) is 4.01. The van der Waals surface area contributed by atoms with Crippen molar-refractivity contribution in [3.63, 3.8) is 0 Å². The number of fused-ring (bicyclic) bond motifs is 1. The van der Waals surface area contributed by atoms with Crippen LogP contribution < -0.4 is 0 Å². The molecule has 1 heteroatoms. The van der Waals surface area contributed by atoms with Crippen molar-refractivity contribution in [2.75, 3.05) is 13.6 Å². The van der Waals surface area contributed by atoms with Crippen molar-refractivity contribution in [2.45, 2.75) is 19.4 Å². The molecule has 0 N–H and O–H groups in total. The lowest BCUT2D eigenvalue weighted by molar-refractivity contribution is 0.264. The lowest BCUT2D eigenvalue weighted by Crippen LogP contribution is -2.33. The predicted octanol–water partition coefficient (Wildman–Crippen LogP) is 3.57. The SMILES string of the molecule is Cc1ccccc1C1c2ccccc2CCN1C. The average Bonchev–Trinajstić information content (AvgIpc) is 2.40. The van der Waals surface area contributed by atoms with Gasteiger partial charge in [0.25, 0.3) is 0 Å². The van der Waals surface area contributed by atoms with Gasteiger partial charge in [0.15, 0.2) is 0 Å². The molecule has 3 rings (SSSR count). The fraction of sp³-hybridized carbons (Fsp3) is 0.294. The second kappa shape index (κ2) is 4.58. The van der Waals surface area contributed by atoms with E-state index >= 15 is 0 Å². The number of rotatable bonds is 1. The van der Waals surface area contributed by atoms with Gasteiger partial charge in [-0.3, -0.25) is 4.90 Å². The third kappa shape index (κ3) is 1.85. The van der Waals surface area contributed by atoms with E-state index in [1.165, 1.54) is 22.3 Å². The molecule has 0 aromatic heterocycles. The Balaban J connectivity index is 2.14. The standard InChI is InChI=1S/C17H19N/c1-13-7-3-5-9-15(13)17-16-10-6-4-8-14(16)11-12-18(17)2/h3-10,17H,11-12H2,1-2H3. The summed E-state index contributed by atoms with van der Waals surface area (Å²) in [5.74, 6) is 0. The van der Waals surface area contributed by atoms with Gasteiger partial charge in [-0.15, -0.1) is 0 Å². The first-order valence-electron chi connectivity index (χ1n) is 6.61. The van der Waals surface area contributed by atoms with Crippen molar-refractivity contribution in [1.29, 1.82) is 0 Å². The highest BCUT2D eigenvalue weighted by Crippen LogP contribution is 2.35. The fourth-order valence-corrected chi connectivity index (χ4v) is 2.99. The number of nitrogens with zero attached hydrogens (tertiary/aromatic N) is 1. The molecule has 0 aliphatic carbocycles. The van der Waals surface area contributed by atoms with Crippen molar-refractivity contribution >= 4 is 0 Å². The van der Waals surface area contributed by atoms with Crippen LogP contribution >= 0.6 is 0 Å². The summed E-state index contributed by atoms with van der Waals surface area (Å²) in [6.45, 7) is 3.34. The normalized spacial score (nSPS) is 19.6. The number of benzene rings is 2. The van der Waals surface area contributed by atoms with Gasteiger partial charge in [-0.2, -0.15) is 0 Å². The van der Waals surface area contributed by atoms with Gasteiger partial charge in [0, 0.05) is 6.54 Å². The highest BCUT2D eigenvalue weighted by atomic mass is 15.1. The van der Waals surface area contributed by atoms with Crippen LogP contribution in [0.1, 0.15) is 28.3 Å². The van der Waals surface area contributed by atoms with Crippen molar-refractivity contribution in [3.05, 3.63) is 70.8 Å². The summed E-state index contributed by atoms with van der Waals surface area (Å²) < 4.78 is 0. The van der Waals surface area contributed by atoms with Crippen molar-refractivity contribution in [2.24, 2.45) is 0 Å². The van der Waals surface area contributed by atoms with E-state index in [2.05, 4.69) is 67.4 Å². The predicted molar refractivity (Wildman–Crippen MR) is 75.8 cm³/mol. The molecule has 2 aromatic rings. The quantitative estimate of drug-likeness (QED) is 0.733. The summed E-state index contributed by atoms with van der Waals surface area (Å²) in [7, 11) is 2.23. The highest BCUT2D eigenvalue weighted by Gasteiger charge is 2.26. The lowest BCUT2D eigenvalue weighted by Gasteiger charge is -2.35. The molecule has 0 saturated heterocycles. The van der Waals surface area contributed by atoms with Gasteiger partial charge in [-0.1, -0.05) is 48.5 Å². The van der Waals surface area contributed by atoms with Crippen LogP contribution in [0.5, 0.6) is 0 Å². The van der Waals surface area contributed by atoms with Gasteiger partial charge < -0.3 is 0 Å². The largest absolute Gasteiger partial charge is 0.295 e. The Kier molecular flexibility index (Phi) is 2.92. The van der Waals surface area contributed by atoms with Crippen LogP contribution in [-0.2, 0) is 6.42 Å². The van der Waals surface area contributed by atoms with Crippen LogP contribution in [0, 0.1) is 6.92 Å². The first kappa shape index (κ1) is 11.5. The van der Waals surface area contributed by atoms with Crippen LogP contribution in [0.2, 0.25) is 0 Å². The Bertz CT molecular complexity index is 559. The summed E-state index contributed by atoms with van der Waals surface area (Å²) in [4.78, 5) is 2.46. The van der Waals surface area contributed by atoms with Gasteiger partial charge in [0.1, 0.15) is 0 Å². The molecule has 2 aromatic carbocycles. The molecule has 0 spiro atoms. The van der Waals surface area contributed by atoms with Crippen LogP contribution in [-0.4, -0.2) is 18.5 Å². The van der Waals surface area contributed by atoms with E-state index in [9.17, 15) is 0 Å². The van der Waals surface area contributed by atoms with E-state index in [-0.39, 0.29) is 0 Å². The molecule has 92 valence electrons. The smallest absolute Gasteiger partial charge is 0.0604 e. The molecule has 0 fully saturated rings. The molecule has 1 aliphatic heterocycles. The summed E-state index contributed by atoms with van der Waals surface area (Å²) in [5.41, 5.74) is 5.79. The van der Waals surface area contributed by atoms with Gasteiger partial charge in [0.2, 0.25) is 0 Å². The molecule has 0 bridgehead atoms. The van der Waals surface area contributed by atoms with Crippen LogP contribution in [0.25, 0.3) is 0 Å². The van der Waals surface area contributed by atoms with E-state index in [0.717, 1.165) is 13.0 Å². The number of hydrogen-bond acceptors (Lipinski definition) is 1. The van der Waals surface area contributed by atoms with Crippen molar-refractivity contribution in [3.8, 4) is 0 Å². The van der Waals surface area contributed by atoms with Gasteiger partial charge >= 0.3 is 0 Å². The summed E-state index contributed by atoms with van der Waals surface area (Å²) >= 11 is 0. The molecule has 1 heterocycles. The molecule has 1 aliphatic rings. The molecule has 0 saturated carbocycles. The maximum absolute atomic E-state index is 2.46. The Morgan fingerprint density at radius 2 is 1.61 bits per heavy atom. The minimum absolute atomic E-state index is 0.413. The van der Waals surface area contributed by atoms with E-state index < -0.39 is 0 Å². The Labute approximate surface area is 109 Å². The fourth-order valence-electron chi connectivity index (χ4n) is 2.99. The molecule has 0 amide bonds. The number of hydrogen-bond donors (Lipinski definition) is 0. The summed E-state index contributed by atoms with van der Waals surface area (Å²) in [6, 6.07) is 18.0. The molecule has 0 radical (unpaired) electrons. The minimum atomic E-state index is 0.413. The molecular formula is C17H19N. The maximum Gasteiger partial charge on any atom is 0.0604 e. The van der Waals surface area contributed by atoms with Crippen molar-refractivity contribution in [1.82, 2.24) is 4.90 Å². The highest BCUT2D eigenvalue weighted by molar-refractivity contribution is 5.42. The number of likely N-dealkylation sites (N-methyl/N-ethyl adjacent to an activating group) is 1. The van der Waals surface area contributed by atoms with Gasteiger partial charge in [-0.25, -0.2) is 0 Å². The zero-order valence-corrected chi connectivity index (χ0v) is 11.1. The second-order valence-corrected chi connectivity index (χ2v) is 5.19. The Morgan fingerprint density at radius 1 is 0.944 bits per heavy atom. The second-order valence-electron chi connectivity index (χ2n) is 5.19. The first-order valence-corrected chi connectivity index (χ1v) is 6.61. The van der Waals surface area contributed by atoms with E-state index in [0.29, 0.717) is 6.04 Å². The van der Waals surface area contributed by atoms with Crippen LogP contribution in [0.4, 0.5) is 0 Å². The molecule has 1 unspecified atom stereocenters. The zero-order valence-electron chi connectivity index (χ0n) is 11.1. The minimum Gasteiger partial charge on any atom is -0.295 e. The van der Waals surface area contributed by atoms with Crippen LogP contribution in [0.15, 0.2) is 48.5 Å².